The zero-order valence-electron chi connectivity index (χ0n) is 9.61. The van der Waals surface area contributed by atoms with Crippen molar-refractivity contribution in [1.82, 2.24) is 25.9 Å². The van der Waals surface area contributed by atoms with Crippen LogP contribution in [0.2, 0.25) is 0 Å². The van der Waals surface area contributed by atoms with Crippen molar-refractivity contribution in [1.29, 1.82) is 0 Å². The summed E-state index contributed by atoms with van der Waals surface area (Å²) in [5, 5.41) is 13.8. The summed E-state index contributed by atoms with van der Waals surface area (Å²) in [5.74, 6) is -0.312. The van der Waals surface area contributed by atoms with Crippen molar-refractivity contribution in [3.8, 4) is 11.3 Å². The van der Waals surface area contributed by atoms with Crippen molar-refractivity contribution < 1.29 is 9.63 Å². The number of aromatic nitrogens is 4. The van der Waals surface area contributed by atoms with Crippen LogP contribution in [0.25, 0.3) is 11.3 Å². The van der Waals surface area contributed by atoms with Gasteiger partial charge in [-0.3, -0.25) is 19.8 Å². The first-order chi connectivity index (χ1) is 8.31. The number of nitrogens with one attached hydrogen (secondary N) is 3. The van der Waals surface area contributed by atoms with Gasteiger partial charge in [-0.1, -0.05) is 0 Å². The average molecular weight is 270 g/mol. The summed E-state index contributed by atoms with van der Waals surface area (Å²) in [7, 11) is 1.40. The van der Waals surface area contributed by atoms with E-state index in [9.17, 15) is 4.79 Å². The number of aromatic amines is 2. The van der Waals surface area contributed by atoms with Crippen LogP contribution < -0.4 is 5.48 Å². The van der Waals surface area contributed by atoms with Crippen molar-refractivity contribution in [2.45, 2.75) is 12.8 Å². The summed E-state index contributed by atoms with van der Waals surface area (Å²) in [4.78, 5) is 16.3. The van der Waals surface area contributed by atoms with Gasteiger partial charge in [0.05, 0.1) is 19.0 Å². The molecule has 0 saturated heterocycles. The lowest BCUT2D eigenvalue weighted by Gasteiger charge is -2.10. The number of hydroxylamine groups is 1. The van der Waals surface area contributed by atoms with E-state index in [1.165, 1.54) is 7.11 Å². The lowest BCUT2D eigenvalue weighted by molar-refractivity contribution is 0.0531. The molecule has 0 aromatic carbocycles. The Hall–Kier alpha value is -1.86. The van der Waals surface area contributed by atoms with Gasteiger partial charge in [-0.05, 0) is 12.8 Å². The predicted molar refractivity (Wildman–Crippen MR) is 65.3 cm³/mol. The van der Waals surface area contributed by atoms with Gasteiger partial charge in [0.2, 0.25) is 0 Å². The number of carbonyl (C=O) groups is 1. The first-order valence-corrected chi connectivity index (χ1v) is 5.24. The molecule has 8 heteroatoms. The highest BCUT2D eigenvalue weighted by atomic mass is 35.5. The first kappa shape index (κ1) is 12.6. The first-order valence-electron chi connectivity index (χ1n) is 5.24. The Bertz CT molecular complexity index is 577. The maximum Gasteiger partial charge on any atom is 0.293 e. The van der Waals surface area contributed by atoms with E-state index in [1.54, 1.807) is 6.20 Å². The number of hydrogen-bond acceptors (Lipinski definition) is 4. The van der Waals surface area contributed by atoms with Gasteiger partial charge in [0.15, 0.2) is 0 Å². The number of carbonyl (C=O) groups excluding carboxylic acids is 1. The van der Waals surface area contributed by atoms with Gasteiger partial charge < -0.3 is 0 Å². The molecule has 2 heterocycles. The van der Waals surface area contributed by atoms with Gasteiger partial charge in [0.1, 0.15) is 5.69 Å². The molecule has 0 bridgehead atoms. The van der Waals surface area contributed by atoms with Gasteiger partial charge in [-0.25, -0.2) is 5.48 Å². The van der Waals surface area contributed by atoms with E-state index in [-0.39, 0.29) is 18.3 Å². The Balaban J connectivity index is 0.00000120. The van der Waals surface area contributed by atoms with Crippen LogP contribution in [0.15, 0.2) is 6.20 Å². The molecule has 2 aromatic rings. The number of fused-ring (bicyclic) bond motifs is 3. The van der Waals surface area contributed by atoms with E-state index in [1.807, 2.05) is 0 Å². The molecular formula is C10H12ClN5O2. The number of rotatable bonds is 2. The van der Waals surface area contributed by atoms with Crippen LogP contribution in [0.4, 0.5) is 0 Å². The van der Waals surface area contributed by atoms with Crippen LogP contribution in [-0.2, 0) is 17.7 Å². The molecular weight excluding hydrogens is 258 g/mol. The fourth-order valence-electron chi connectivity index (χ4n) is 2.12. The van der Waals surface area contributed by atoms with Crippen LogP contribution in [0, 0.1) is 0 Å². The minimum atomic E-state index is -0.312. The normalized spacial score (nSPS) is 12.3. The van der Waals surface area contributed by atoms with Crippen LogP contribution in [-0.4, -0.2) is 33.4 Å². The monoisotopic (exact) mass is 269 g/mol. The zero-order valence-corrected chi connectivity index (χ0v) is 10.4. The molecule has 3 N–H and O–H groups in total. The lowest BCUT2D eigenvalue weighted by atomic mass is 9.94. The fourth-order valence-corrected chi connectivity index (χ4v) is 2.12. The summed E-state index contributed by atoms with van der Waals surface area (Å²) >= 11 is 0. The van der Waals surface area contributed by atoms with Gasteiger partial charge >= 0.3 is 0 Å². The summed E-state index contributed by atoms with van der Waals surface area (Å²) in [6.45, 7) is 0. The van der Waals surface area contributed by atoms with E-state index in [4.69, 9.17) is 0 Å². The third kappa shape index (κ3) is 1.77. The molecule has 7 nitrogen and oxygen atoms in total. The topological polar surface area (TPSA) is 95.7 Å². The molecule has 1 amide bonds. The van der Waals surface area contributed by atoms with Crippen molar-refractivity contribution in [2.75, 3.05) is 7.11 Å². The number of nitrogens with zero attached hydrogens (tertiary/aromatic N) is 2. The Morgan fingerprint density at radius 1 is 1.44 bits per heavy atom. The number of hydrogen-bond donors (Lipinski definition) is 3. The molecule has 1 aliphatic carbocycles. The molecule has 0 radical (unpaired) electrons. The van der Waals surface area contributed by atoms with E-state index >= 15 is 0 Å². The Labute approximate surface area is 109 Å². The van der Waals surface area contributed by atoms with E-state index in [0.717, 1.165) is 35.4 Å². The van der Waals surface area contributed by atoms with E-state index in [0.29, 0.717) is 5.69 Å². The van der Waals surface area contributed by atoms with Gasteiger partial charge in [-0.15, -0.1) is 12.4 Å². The fraction of sp³-hybridized carbons (Fsp3) is 0.300. The SMILES string of the molecule is CONC(=O)c1[nH]nc2c1CCc1[nH]ncc1-2.Cl. The van der Waals surface area contributed by atoms with Crippen LogP contribution in [0.1, 0.15) is 21.7 Å². The number of H-pyrrole nitrogens is 2. The van der Waals surface area contributed by atoms with Crippen molar-refractivity contribution in [2.24, 2.45) is 0 Å². The third-order valence-electron chi connectivity index (χ3n) is 2.89. The second kappa shape index (κ2) is 4.79. The highest BCUT2D eigenvalue weighted by Crippen LogP contribution is 2.31. The second-order valence-electron chi connectivity index (χ2n) is 3.82. The maximum atomic E-state index is 11.7. The zero-order chi connectivity index (χ0) is 11.8. The summed E-state index contributed by atoms with van der Waals surface area (Å²) < 4.78 is 0. The quantitative estimate of drug-likeness (QED) is 0.696. The summed E-state index contributed by atoms with van der Waals surface area (Å²) in [6, 6.07) is 0. The summed E-state index contributed by atoms with van der Waals surface area (Å²) in [5.41, 5.74) is 6.45. The Kier molecular flexibility index (Phi) is 3.35. The van der Waals surface area contributed by atoms with Crippen molar-refractivity contribution in [3.05, 3.63) is 23.1 Å². The van der Waals surface area contributed by atoms with Crippen molar-refractivity contribution in [3.63, 3.8) is 0 Å². The molecule has 96 valence electrons. The molecule has 0 saturated carbocycles. The molecule has 1 aliphatic rings. The minimum Gasteiger partial charge on any atom is -0.282 e. The third-order valence-corrected chi connectivity index (χ3v) is 2.89. The van der Waals surface area contributed by atoms with E-state index < -0.39 is 0 Å². The maximum absolute atomic E-state index is 11.7. The molecule has 0 spiro atoms. The highest BCUT2D eigenvalue weighted by Gasteiger charge is 2.26. The number of halogens is 1. The van der Waals surface area contributed by atoms with E-state index in [2.05, 4.69) is 30.7 Å². The predicted octanol–water partition coefficient (Wildman–Crippen LogP) is 0.611. The minimum absolute atomic E-state index is 0. The van der Waals surface area contributed by atoms with Crippen LogP contribution in [0.5, 0.6) is 0 Å². The van der Waals surface area contributed by atoms with Crippen molar-refractivity contribution >= 4 is 18.3 Å². The molecule has 2 aromatic heterocycles. The molecule has 0 aliphatic heterocycles. The Morgan fingerprint density at radius 3 is 3.06 bits per heavy atom. The van der Waals surface area contributed by atoms with Gasteiger partial charge in [-0.2, -0.15) is 10.2 Å². The molecule has 0 unspecified atom stereocenters. The molecule has 18 heavy (non-hydrogen) atoms. The average Bonchev–Trinajstić information content (AvgIpc) is 2.94. The van der Waals surface area contributed by atoms with Gasteiger partial charge in [0, 0.05) is 16.8 Å². The Morgan fingerprint density at radius 2 is 2.28 bits per heavy atom. The largest absolute Gasteiger partial charge is 0.293 e. The molecule has 3 rings (SSSR count). The van der Waals surface area contributed by atoms with Crippen LogP contribution >= 0.6 is 12.4 Å². The smallest absolute Gasteiger partial charge is 0.282 e. The molecule has 0 atom stereocenters. The lowest BCUT2D eigenvalue weighted by Crippen LogP contribution is -2.23. The number of amides is 1. The standard InChI is InChI=1S/C10H11N5O2.ClH/c1-17-15-10(16)9-5-2-3-7-6(4-11-12-7)8(5)13-14-9;/h4H,2-3H2,1H3,(H,11,12)(H,13,14)(H,15,16);1H. The summed E-state index contributed by atoms with van der Waals surface area (Å²) in [6.07, 6.45) is 3.31. The van der Waals surface area contributed by atoms with Crippen LogP contribution in [0.3, 0.4) is 0 Å². The second-order valence-corrected chi connectivity index (χ2v) is 3.82. The number of aryl methyl sites for hydroxylation is 1. The highest BCUT2D eigenvalue weighted by molar-refractivity contribution is 5.95. The van der Waals surface area contributed by atoms with Gasteiger partial charge in [0.25, 0.3) is 5.91 Å². The molecule has 0 fully saturated rings.